The first-order valence-corrected chi connectivity index (χ1v) is 5.55. The molecule has 2 rings (SSSR count). The van der Waals surface area contributed by atoms with Crippen molar-refractivity contribution in [1.82, 2.24) is 4.98 Å². The summed E-state index contributed by atoms with van der Waals surface area (Å²) in [6.07, 6.45) is 1.20. The molecular weight excluding hydrogens is 232 g/mol. The molecule has 94 valence electrons. The van der Waals surface area contributed by atoms with Crippen molar-refractivity contribution in [3.63, 3.8) is 0 Å². The number of nitrogens with one attached hydrogen (secondary N) is 1. The zero-order chi connectivity index (χ0) is 13.1. The van der Waals surface area contributed by atoms with Crippen LogP contribution >= 0.6 is 0 Å². The molecule has 0 radical (unpaired) electrons. The highest BCUT2D eigenvalue weighted by Crippen LogP contribution is 2.19. The van der Waals surface area contributed by atoms with Crippen LogP contribution in [0.5, 0.6) is 0 Å². The van der Waals surface area contributed by atoms with Crippen molar-refractivity contribution in [1.29, 1.82) is 0 Å². The van der Waals surface area contributed by atoms with Gasteiger partial charge >= 0.3 is 5.97 Å². The number of carbonyl (C=O) groups is 1. The Kier molecular flexibility index (Phi) is 3.32. The van der Waals surface area contributed by atoms with Gasteiger partial charge in [-0.3, -0.25) is 4.79 Å². The van der Waals surface area contributed by atoms with Crippen molar-refractivity contribution < 1.29 is 14.3 Å². The molecule has 0 bridgehead atoms. The first-order chi connectivity index (χ1) is 8.54. The molecule has 0 unspecified atom stereocenters. The molecule has 5 nitrogen and oxygen atoms in total. The zero-order valence-electron chi connectivity index (χ0n) is 10.2. The fourth-order valence-corrected chi connectivity index (χ4v) is 1.54. The van der Waals surface area contributed by atoms with Gasteiger partial charge in [-0.1, -0.05) is 6.07 Å². The number of aliphatic carboxylic acids is 1. The number of oxazole rings is 1. The van der Waals surface area contributed by atoms with Crippen LogP contribution in [0.15, 0.2) is 28.9 Å². The van der Waals surface area contributed by atoms with Crippen molar-refractivity contribution >= 4 is 17.7 Å². The number of aromatic nitrogens is 1. The average Bonchev–Trinajstić information content (AvgIpc) is 2.70. The van der Waals surface area contributed by atoms with E-state index in [9.17, 15) is 4.79 Å². The van der Waals surface area contributed by atoms with Gasteiger partial charge in [-0.05, 0) is 37.1 Å². The van der Waals surface area contributed by atoms with E-state index in [1.165, 1.54) is 11.8 Å². The highest BCUT2D eigenvalue weighted by Gasteiger charge is 2.08. The van der Waals surface area contributed by atoms with Crippen molar-refractivity contribution in [2.45, 2.75) is 20.3 Å². The molecule has 18 heavy (non-hydrogen) atoms. The number of hydrogen-bond donors (Lipinski definition) is 2. The van der Waals surface area contributed by atoms with E-state index in [0.29, 0.717) is 11.7 Å². The van der Waals surface area contributed by atoms with Crippen molar-refractivity contribution in [2.75, 3.05) is 5.32 Å². The van der Waals surface area contributed by atoms with E-state index in [4.69, 9.17) is 9.52 Å². The molecule has 1 aromatic carbocycles. The summed E-state index contributed by atoms with van der Waals surface area (Å²) in [7, 11) is 0. The Hall–Kier alpha value is -2.30. The zero-order valence-corrected chi connectivity index (χ0v) is 10.2. The predicted octanol–water partition coefficient (Wildman–Crippen LogP) is 2.66. The third kappa shape index (κ3) is 2.88. The third-order valence-corrected chi connectivity index (χ3v) is 2.64. The van der Waals surface area contributed by atoms with E-state index < -0.39 is 5.97 Å². The fourth-order valence-electron chi connectivity index (χ4n) is 1.54. The van der Waals surface area contributed by atoms with Gasteiger partial charge in [0.25, 0.3) is 6.01 Å². The maximum Gasteiger partial charge on any atom is 0.309 e. The van der Waals surface area contributed by atoms with E-state index in [1.54, 1.807) is 0 Å². The topological polar surface area (TPSA) is 75.4 Å². The first-order valence-electron chi connectivity index (χ1n) is 5.55. The molecule has 1 heterocycles. The molecular formula is C13H14N2O3. The van der Waals surface area contributed by atoms with Gasteiger partial charge in [0.15, 0.2) is 0 Å². The number of anilines is 2. The van der Waals surface area contributed by atoms with Gasteiger partial charge in [0, 0.05) is 5.69 Å². The van der Waals surface area contributed by atoms with Crippen LogP contribution < -0.4 is 5.32 Å². The largest absolute Gasteiger partial charge is 0.481 e. The van der Waals surface area contributed by atoms with Crippen molar-refractivity contribution in [3.05, 3.63) is 41.3 Å². The highest BCUT2D eigenvalue weighted by atomic mass is 16.4. The van der Waals surface area contributed by atoms with Gasteiger partial charge in [0.1, 0.15) is 6.26 Å². The van der Waals surface area contributed by atoms with Gasteiger partial charge in [-0.15, -0.1) is 0 Å². The number of rotatable bonds is 4. The molecule has 0 aliphatic heterocycles. The first kappa shape index (κ1) is 12.2. The summed E-state index contributed by atoms with van der Waals surface area (Å²) in [6, 6.07) is 6.20. The maximum absolute atomic E-state index is 10.5. The van der Waals surface area contributed by atoms with E-state index in [0.717, 1.165) is 11.3 Å². The molecule has 0 saturated carbocycles. The molecule has 0 spiro atoms. The Morgan fingerprint density at radius 1 is 1.39 bits per heavy atom. The molecule has 5 heteroatoms. The second kappa shape index (κ2) is 4.91. The summed E-state index contributed by atoms with van der Waals surface area (Å²) < 4.78 is 5.15. The Morgan fingerprint density at radius 3 is 2.83 bits per heavy atom. The summed E-state index contributed by atoms with van der Waals surface area (Å²) in [5, 5.41) is 11.6. The molecule has 0 aliphatic rings. The summed E-state index contributed by atoms with van der Waals surface area (Å²) in [5.74, 6) is -0.930. The summed E-state index contributed by atoms with van der Waals surface area (Å²) >= 11 is 0. The fraction of sp³-hybridized carbons (Fsp3) is 0.231. The smallest absolute Gasteiger partial charge is 0.309 e. The molecule has 2 N–H and O–H groups in total. The minimum Gasteiger partial charge on any atom is -0.481 e. The van der Waals surface area contributed by atoms with Gasteiger partial charge in [0.2, 0.25) is 0 Å². The SMILES string of the molecule is Cc1ccc(Nc2nc(CC(=O)O)co2)cc1C. The average molecular weight is 246 g/mol. The van der Waals surface area contributed by atoms with Gasteiger partial charge < -0.3 is 14.8 Å². The molecule has 0 saturated heterocycles. The second-order valence-electron chi connectivity index (χ2n) is 4.14. The Balaban J connectivity index is 2.11. The van der Waals surface area contributed by atoms with E-state index in [-0.39, 0.29) is 6.42 Å². The van der Waals surface area contributed by atoms with Crippen LogP contribution in [0.1, 0.15) is 16.8 Å². The summed E-state index contributed by atoms with van der Waals surface area (Å²) in [5.41, 5.74) is 3.63. The van der Waals surface area contributed by atoms with Crippen LogP contribution in [0.4, 0.5) is 11.7 Å². The summed E-state index contributed by atoms with van der Waals surface area (Å²) in [6.45, 7) is 4.06. The van der Waals surface area contributed by atoms with Crippen molar-refractivity contribution in [2.24, 2.45) is 0 Å². The molecule has 1 aromatic heterocycles. The third-order valence-electron chi connectivity index (χ3n) is 2.64. The predicted molar refractivity (Wildman–Crippen MR) is 67.0 cm³/mol. The molecule has 0 fully saturated rings. The normalized spacial score (nSPS) is 10.3. The lowest BCUT2D eigenvalue weighted by atomic mass is 10.1. The van der Waals surface area contributed by atoms with Gasteiger partial charge in [-0.25, -0.2) is 0 Å². The maximum atomic E-state index is 10.5. The van der Waals surface area contributed by atoms with Crippen LogP contribution in [0, 0.1) is 13.8 Å². The number of benzene rings is 1. The number of aryl methyl sites for hydroxylation is 2. The lowest BCUT2D eigenvalue weighted by molar-refractivity contribution is -0.136. The number of carboxylic acid groups (broad SMARTS) is 1. The van der Waals surface area contributed by atoms with Gasteiger partial charge in [0.05, 0.1) is 12.1 Å². The van der Waals surface area contributed by atoms with E-state index in [1.807, 2.05) is 32.0 Å². The second-order valence-corrected chi connectivity index (χ2v) is 4.14. The van der Waals surface area contributed by atoms with Crippen LogP contribution in [0.2, 0.25) is 0 Å². The Labute approximate surface area is 104 Å². The molecule has 0 aliphatic carbocycles. The van der Waals surface area contributed by atoms with Crippen LogP contribution in [0.3, 0.4) is 0 Å². The molecule has 0 atom stereocenters. The molecule has 0 amide bonds. The summed E-state index contributed by atoms with van der Waals surface area (Å²) in [4.78, 5) is 14.6. The Morgan fingerprint density at radius 2 is 2.17 bits per heavy atom. The van der Waals surface area contributed by atoms with Crippen LogP contribution in [-0.4, -0.2) is 16.1 Å². The number of nitrogens with zero attached hydrogens (tertiary/aromatic N) is 1. The monoisotopic (exact) mass is 246 g/mol. The lowest BCUT2D eigenvalue weighted by Crippen LogP contribution is -2.00. The van der Waals surface area contributed by atoms with Crippen LogP contribution in [0.25, 0.3) is 0 Å². The van der Waals surface area contributed by atoms with E-state index >= 15 is 0 Å². The standard InChI is InChI=1S/C13H14N2O3/c1-8-3-4-10(5-9(8)2)14-13-15-11(7-18-13)6-12(16)17/h3-5,7H,6H2,1-2H3,(H,14,15)(H,16,17). The number of carboxylic acids is 1. The number of hydrogen-bond acceptors (Lipinski definition) is 4. The Bertz CT molecular complexity index is 575. The minimum absolute atomic E-state index is 0.141. The van der Waals surface area contributed by atoms with Crippen LogP contribution in [-0.2, 0) is 11.2 Å². The van der Waals surface area contributed by atoms with E-state index in [2.05, 4.69) is 10.3 Å². The molecule has 2 aromatic rings. The quantitative estimate of drug-likeness (QED) is 0.867. The minimum atomic E-state index is -0.930. The van der Waals surface area contributed by atoms with Gasteiger partial charge in [-0.2, -0.15) is 4.98 Å². The highest BCUT2D eigenvalue weighted by molar-refractivity contribution is 5.69. The lowest BCUT2D eigenvalue weighted by Gasteiger charge is -2.04. The van der Waals surface area contributed by atoms with Crippen molar-refractivity contribution in [3.8, 4) is 0 Å².